The fraction of sp³-hybridized carbons (Fsp3) is 0.312. The summed E-state index contributed by atoms with van der Waals surface area (Å²) in [5.74, 6) is -0.928. The molecule has 2 atom stereocenters. The monoisotopic (exact) mass is 305 g/mol. The van der Waals surface area contributed by atoms with Crippen LogP contribution in [-0.4, -0.2) is 40.3 Å². The van der Waals surface area contributed by atoms with Gasteiger partial charge in [0.2, 0.25) is 0 Å². The summed E-state index contributed by atoms with van der Waals surface area (Å²) in [6, 6.07) is 10.9. The molecule has 0 amide bonds. The van der Waals surface area contributed by atoms with Gasteiger partial charge in [-0.25, -0.2) is 4.79 Å². The molecule has 0 heterocycles. The fourth-order valence-corrected chi connectivity index (χ4v) is 3.01. The molecule has 0 aromatic heterocycles. The van der Waals surface area contributed by atoms with Gasteiger partial charge in [-0.2, -0.15) is 11.8 Å². The first-order valence-corrected chi connectivity index (χ1v) is 8.02. The first-order valence-electron chi connectivity index (χ1n) is 6.73. The van der Waals surface area contributed by atoms with E-state index in [2.05, 4.69) is 5.32 Å². The molecule has 21 heavy (non-hydrogen) atoms. The van der Waals surface area contributed by atoms with E-state index in [0.717, 1.165) is 11.1 Å². The predicted octanol–water partition coefficient (Wildman–Crippen LogP) is 3.06. The molecule has 0 aliphatic carbocycles. The van der Waals surface area contributed by atoms with E-state index in [9.17, 15) is 15.0 Å². The van der Waals surface area contributed by atoms with Crippen LogP contribution in [0.5, 0.6) is 0 Å². The van der Waals surface area contributed by atoms with Crippen molar-refractivity contribution in [3.63, 3.8) is 0 Å². The van der Waals surface area contributed by atoms with E-state index >= 15 is 0 Å². The highest BCUT2D eigenvalue weighted by molar-refractivity contribution is 7.99. The zero-order valence-electron chi connectivity index (χ0n) is 12.0. The lowest BCUT2D eigenvalue weighted by molar-refractivity contribution is 0.0699. The molecule has 0 saturated carbocycles. The van der Waals surface area contributed by atoms with E-state index in [1.54, 1.807) is 23.9 Å². The first kappa shape index (κ1) is 15.7. The van der Waals surface area contributed by atoms with E-state index in [4.69, 9.17) is 0 Å². The van der Waals surface area contributed by atoms with Gasteiger partial charge in [0.15, 0.2) is 0 Å². The average Bonchev–Trinajstić information content (AvgIpc) is 2.48. The van der Waals surface area contributed by atoms with Crippen molar-refractivity contribution in [2.75, 3.05) is 18.2 Å². The van der Waals surface area contributed by atoms with Crippen LogP contribution in [0.3, 0.4) is 0 Å². The minimum atomic E-state index is -0.928. The Hall–Kier alpha value is -1.72. The van der Waals surface area contributed by atoms with Gasteiger partial charge >= 0.3 is 5.97 Å². The number of aliphatic hydroxyl groups excluding tert-OH is 1. The number of carboxylic acid groups (broad SMARTS) is 1. The molecule has 2 rings (SSSR count). The van der Waals surface area contributed by atoms with E-state index in [-0.39, 0.29) is 17.9 Å². The lowest BCUT2D eigenvalue weighted by Gasteiger charge is -2.23. The number of carboxylic acids is 1. The number of aromatic carboxylic acids is 1. The van der Waals surface area contributed by atoms with Crippen molar-refractivity contribution in [2.45, 2.75) is 18.2 Å². The van der Waals surface area contributed by atoms with Gasteiger partial charge in [0.25, 0.3) is 0 Å². The van der Waals surface area contributed by atoms with Crippen LogP contribution in [0.25, 0.3) is 10.8 Å². The quantitative estimate of drug-likeness (QED) is 0.765. The summed E-state index contributed by atoms with van der Waals surface area (Å²) in [6.45, 7) is 2.11. The maximum Gasteiger partial charge on any atom is 0.336 e. The third kappa shape index (κ3) is 3.31. The number of carbonyl (C=O) groups is 1. The number of anilines is 1. The molecule has 0 bridgehead atoms. The van der Waals surface area contributed by atoms with Crippen molar-refractivity contribution >= 4 is 34.2 Å². The molecule has 2 unspecified atom stereocenters. The third-order valence-electron chi connectivity index (χ3n) is 3.58. The largest absolute Gasteiger partial charge is 0.478 e. The molecule has 3 N–H and O–H groups in total. The van der Waals surface area contributed by atoms with Gasteiger partial charge in [-0.3, -0.25) is 0 Å². The molecule has 112 valence electrons. The number of thioether (sulfide) groups is 1. The van der Waals surface area contributed by atoms with Gasteiger partial charge in [0.1, 0.15) is 0 Å². The average molecular weight is 305 g/mol. The van der Waals surface area contributed by atoms with Crippen LogP contribution >= 0.6 is 11.8 Å². The molecule has 0 aliphatic rings. The fourth-order valence-electron chi connectivity index (χ4n) is 2.39. The summed E-state index contributed by atoms with van der Waals surface area (Å²) in [6.07, 6.45) is 1.96. The molecular weight excluding hydrogens is 286 g/mol. The van der Waals surface area contributed by atoms with Gasteiger partial charge in [0, 0.05) is 22.4 Å². The van der Waals surface area contributed by atoms with E-state index in [0.29, 0.717) is 10.9 Å². The Morgan fingerprint density at radius 2 is 1.90 bits per heavy atom. The summed E-state index contributed by atoms with van der Waals surface area (Å²) >= 11 is 1.60. The number of aliphatic hydroxyl groups is 1. The van der Waals surface area contributed by atoms with E-state index in [1.165, 1.54) is 0 Å². The highest BCUT2D eigenvalue weighted by Crippen LogP contribution is 2.28. The molecule has 0 aliphatic heterocycles. The second-order valence-electron chi connectivity index (χ2n) is 4.90. The maximum absolute atomic E-state index is 11.3. The number of benzene rings is 2. The van der Waals surface area contributed by atoms with Gasteiger partial charge in [-0.1, -0.05) is 24.3 Å². The highest BCUT2D eigenvalue weighted by atomic mass is 32.2. The maximum atomic E-state index is 11.3. The number of rotatable bonds is 6. The summed E-state index contributed by atoms with van der Waals surface area (Å²) in [5.41, 5.74) is 1.18. The van der Waals surface area contributed by atoms with Gasteiger partial charge < -0.3 is 15.5 Å². The van der Waals surface area contributed by atoms with E-state index < -0.39 is 5.97 Å². The van der Waals surface area contributed by atoms with Gasteiger partial charge in [0.05, 0.1) is 12.2 Å². The topological polar surface area (TPSA) is 69.6 Å². The summed E-state index contributed by atoms with van der Waals surface area (Å²) in [5, 5.41) is 23.7. The molecular formula is C16H19NO3S. The summed E-state index contributed by atoms with van der Waals surface area (Å²) < 4.78 is 0. The minimum Gasteiger partial charge on any atom is -0.478 e. The standard InChI is InChI=1S/C16H19NO3S/c1-10(15(9-18)21-2)17-14-8-7-13(16(19)20)11-5-3-4-6-12(11)14/h3-8,10,15,17-18H,9H2,1-2H3,(H,19,20). The van der Waals surface area contributed by atoms with Crippen molar-refractivity contribution in [3.05, 3.63) is 42.0 Å². The van der Waals surface area contributed by atoms with Crippen molar-refractivity contribution < 1.29 is 15.0 Å². The molecule has 2 aromatic carbocycles. The lowest BCUT2D eigenvalue weighted by Crippen LogP contribution is -2.31. The minimum absolute atomic E-state index is 0.0732. The zero-order valence-corrected chi connectivity index (χ0v) is 12.9. The molecule has 0 saturated heterocycles. The lowest BCUT2D eigenvalue weighted by atomic mass is 10.0. The summed E-state index contributed by atoms with van der Waals surface area (Å²) in [7, 11) is 0. The molecule has 4 nitrogen and oxygen atoms in total. The third-order valence-corrected chi connectivity index (χ3v) is 4.74. The Kier molecular flexibility index (Phi) is 5.09. The molecule has 0 radical (unpaired) electrons. The Labute approximate surface area is 128 Å². The molecule has 5 heteroatoms. The summed E-state index contributed by atoms with van der Waals surface area (Å²) in [4.78, 5) is 11.3. The van der Waals surface area contributed by atoms with Gasteiger partial charge in [-0.05, 0) is 30.7 Å². The number of hydrogen-bond donors (Lipinski definition) is 3. The van der Waals surface area contributed by atoms with E-state index in [1.807, 2.05) is 37.4 Å². The van der Waals surface area contributed by atoms with Gasteiger partial charge in [-0.15, -0.1) is 0 Å². The Morgan fingerprint density at radius 1 is 1.24 bits per heavy atom. The molecule has 2 aromatic rings. The van der Waals surface area contributed by atoms with Crippen LogP contribution in [0.2, 0.25) is 0 Å². The molecule has 0 fully saturated rings. The second kappa shape index (κ2) is 6.83. The Bertz CT molecular complexity index is 640. The highest BCUT2D eigenvalue weighted by Gasteiger charge is 2.17. The van der Waals surface area contributed by atoms with Crippen molar-refractivity contribution in [2.24, 2.45) is 0 Å². The smallest absolute Gasteiger partial charge is 0.336 e. The number of hydrogen-bond acceptors (Lipinski definition) is 4. The number of fused-ring (bicyclic) bond motifs is 1. The predicted molar refractivity (Wildman–Crippen MR) is 88.4 cm³/mol. The van der Waals surface area contributed by atoms with Crippen molar-refractivity contribution in [1.82, 2.24) is 0 Å². The SMILES string of the molecule is CSC(CO)C(C)Nc1ccc(C(=O)O)c2ccccc12. The van der Waals surface area contributed by atoms with Crippen LogP contribution in [0, 0.1) is 0 Å². The van der Waals surface area contributed by atoms with Crippen LogP contribution in [0.4, 0.5) is 5.69 Å². The van der Waals surface area contributed by atoms with Crippen LogP contribution in [0.1, 0.15) is 17.3 Å². The molecule has 0 spiro atoms. The number of nitrogens with one attached hydrogen (secondary N) is 1. The van der Waals surface area contributed by atoms with Crippen LogP contribution in [0.15, 0.2) is 36.4 Å². The Morgan fingerprint density at radius 3 is 2.48 bits per heavy atom. The van der Waals surface area contributed by atoms with Crippen molar-refractivity contribution in [3.8, 4) is 0 Å². The zero-order chi connectivity index (χ0) is 15.4. The van der Waals surface area contributed by atoms with Crippen LogP contribution < -0.4 is 5.32 Å². The normalized spacial score (nSPS) is 13.9. The van der Waals surface area contributed by atoms with Crippen molar-refractivity contribution in [1.29, 1.82) is 0 Å². The first-order chi connectivity index (χ1) is 10.1. The Balaban J connectivity index is 2.42. The van der Waals surface area contributed by atoms with Crippen LogP contribution in [-0.2, 0) is 0 Å². The second-order valence-corrected chi connectivity index (χ2v) is 5.98.